The third-order valence-electron chi connectivity index (χ3n) is 4.31. The van der Waals surface area contributed by atoms with Crippen molar-refractivity contribution in [2.24, 2.45) is 5.92 Å². The molecule has 1 N–H and O–H groups in total. The Morgan fingerprint density at radius 3 is 2.79 bits per heavy atom. The fraction of sp³-hybridized carbons (Fsp3) is 0.750. The molecular formula is C16H25NO2. The average Bonchev–Trinajstić information content (AvgIpc) is 3.17. The average molecular weight is 263 g/mol. The minimum atomic E-state index is 0.630. The van der Waals surface area contributed by atoms with Gasteiger partial charge in [-0.3, -0.25) is 0 Å². The van der Waals surface area contributed by atoms with Gasteiger partial charge in [0.25, 0.3) is 0 Å². The van der Waals surface area contributed by atoms with Crippen molar-refractivity contribution in [2.75, 3.05) is 6.61 Å². The summed E-state index contributed by atoms with van der Waals surface area (Å²) in [6.07, 6.45) is 11.3. The minimum absolute atomic E-state index is 0.630. The van der Waals surface area contributed by atoms with E-state index in [0.717, 1.165) is 30.9 Å². The Bertz CT molecular complexity index is 378. The topological polar surface area (TPSA) is 34.4 Å². The zero-order chi connectivity index (χ0) is 12.9. The lowest BCUT2D eigenvalue weighted by Crippen LogP contribution is -2.16. The Morgan fingerprint density at radius 2 is 2.00 bits per heavy atom. The van der Waals surface area contributed by atoms with Crippen LogP contribution in [0.25, 0.3) is 0 Å². The highest BCUT2D eigenvalue weighted by molar-refractivity contribution is 5.16. The number of rotatable bonds is 7. The van der Waals surface area contributed by atoms with E-state index in [9.17, 15) is 0 Å². The van der Waals surface area contributed by atoms with Crippen LogP contribution in [0.2, 0.25) is 0 Å². The molecule has 0 unspecified atom stereocenters. The fourth-order valence-electron chi connectivity index (χ4n) is 2.86. The highest BCUT2D eigenvalue weighted by atomic mass is 16.5. The lowest BCUT2D eigenvalue weighted by molar-refractivity contribution is 0.0631. The molecule has 2 aliphatic rings. The smallest absolute Gasteiger partial charge is 0.133 e. The summed E-state index contributed by atoms with van der Waals surface area (Å²) in [4.78, 5) is 0. The van der Waals surface area contributed by atoms with Gasteiger partial charge >= 0.3 is 0 Å². The first-order valence-corrected chi connectivity index (χ1v) is 7.78. The molecule has 0 aliphatic heterocycles. The van der Waals surface area contributed by atoms with Crippen molar-refractivity contribution >= 4 is 0 Å². The van der Waals surface area contributed by atoms with Crippen molar-refractivity contribution in [3.63, 3.8) is 0 Å². The van der Waals surface area contributed by atoms with E-state index in [1.807, 2.05) is 0 Å². The molecule has 1 aromatic rings. The third-order valence-corrected chi connectivity index (χ3v) is 4.31. The maximum atomic E-state index is 5.86. The standard InChI is InChI=1S/C16H25NO2/c1-2-4-13(5-3-1)11-18-12-16-14(8-9-19-16)10-17-15-6-7-15/h8-9,13,15,17H,1-7,10-12H2. The van der Waals surface area contributed by atoms with Crippen molar-refractivity contribution in [3.05, 3.63) is 23.7 Å². The molecule has 0 amide bonds. The molecule has 2 fully saturated rings. The quantitative estimate of drug-likeness (QED) is 0.815. The van der Waals surface area contributed by atoms with E-state index in [-0.39, 0.29) is 0 Å². The molecule has 0 atom stereocenters. The van der Waals surface area contributed by atoms with Gasteiger partial charge in [-0.15, -0.1) is 0 Å². The largest absolute Gasteiger partial charge is 0.467 e. The maximum Gasteiger partial charge on any atom is 0.133 e. The number of hydrogen-bond donors (Lipinski definition) is 1. The number of nitrogens with one attached hydrogen (secondary N) is 1. The molecule has 0 radical (unpaired) electrons. The summed E-state index contributed by atoms with van der Waals surface area (Å²) in [7, 11) is 0. The Balaban J connectivity index is 1.39. The molecule has 1 heterocycles. The number of furan rings is 1. The molecule has 0 spiro atoms. The molecule has 19 heavy (non-hydrogen) atoms. The van der Waals surface area contributed by atoms with E-state index >= 15 is 0 Å². The first kappa shape index (κ1) is 13.2. The summed E-state index contributed by atoms with van der Waals surface area (Å²) in [6.45, 7) is 2.45. The molecule has 2 saturated carbocycles. The van der Waals surface area contributed by atoms with E-state index in [2.05, 4.69) is 11.4 Å². The van der Waals surface area contributed by atoms with E-state index in [0.29, 0.717) is 6.61 Å². The maximum absolute atomic E-state index is 5.86. The monoisotopic (exact) mass is 263 g/mol. The SMILES string of the molecule is c1cc(CNC2CC2)c(COCC2CCCCC2)o1. The minimum Gasteiger partial charge on any atom is -0.467 e. The van der Waals surface area contributed by atoms with Crippen LogP contribution in [-0.4, -0.2) is 12.6 Å². The number of hydrogen-bond acceptors (Lipinski definition) is 3. The van der Waals surface area contributed by atoms with Crippen LogP contribution in [0.4, 0.5) is 0 Å². The lowest BCUT2D eigenvalue weighted by atomic mass is 9.90. The molecule has 0 saturated heterocycles. The molecule has 3 nitrogen and oxygen atoms in total. The first-order valence-electron chi connectivity index (χ1n) is 7.78. The molecular weight excluding hydrogens is 238 g/mol. The summed E-state index contributed by atoms with van der Waals surface area (Å²) in [5.41, 5.74) is 1.26. The summed E-state index contributed by atoms with van der Waals surface area (Å²) in [5, 5.41) is 3.52. The van der Waals surface area contributed by atoms with Gasteiger partial charge in [-0.25, -0.2) is 0 Å². The van der Waals surface area contributed by atoms with Crippen LogP contribution in [-0.2, 0) is 17.9 Å². The van der Waals surface area contributed by atoms with Gasteiger partial charge in [0.05, 0.1) is 6.26 Å². The Morgan fingerprint density at radius 1 is 1.16 bits per heavy atom. The molecule has 2 aliphatic carbocycles. The predicted octanol–water partition coefficient (Wildman–Crippen LogP) is 3.63. The van der Waals surface area contributed by atoms with E-state index in [1.165, 1.54) is 50.5 Å². The van der Waals surface area contributed by atoms with E-state index < -0.39 is 0 Å². The summed E-state index contributed by atoms with van der Waals surface area (Å²) < 4.78 is 11.4. The Hall–Kier alpha value is -0.800. The predicted molar refractivity (Wildman–Crippen MR) is 74.8 cm³/mol. The molecule has 3 heteroatoms. The van der Waals surface area contributed by atoms with Gasteiger partial charge in [0.1, 0.15) is 12.4 Å². The Labute approximate surface area is 115 Å². The van der Waals surface area contributed by atoms with Crippen LogP contribution in [0.5, 0.6) is 0 Å². The highest BCUT2D eigenvalue weighted by Gasteiger charge is 2.21. The zero-order valence-corrected chi connectivity index (χ0v) is 11.7. The van der Waals surface area contributed by atoms with Gasteiger partial charge in [0.2, 0.25) is 0 Å². The van der Waals surface area contributed by atoms with Crippen molar-refractivity contribution in [1.29, 1.82) is 0 Å². The van der Waals surface area contributed by atoms with E-state index in [4.69, 9.17) is 9.15 Å². The molecule has 106 valence electrons. The second-order valence-corrected chi connectivity index (χ2v) is 6.04. The lowest BCUT2D eigenvalue weighted by Gasteiger charge is -2.21. The van der Waals surface area contributed by atoms with Crippen LogP contribution >= 0.6 is 0 Å². The summed E-state index contributed by atoms with van der Waals surface area (Å²) in [5.74, 6) is 1.78. The van der Waals surface area contributed by atoms with Crippen LogP contribution < -0.4 is 5.32 Å². The molecule has 0 bridgehead atoms. The second kappa shape index (κ2) is 6.58. The van der Waals surface area contributed by atoms with Crippen molar-refractivity contribution in [2.45, 2.75) is 64.1 Å². The third kappa shape index (κ3) is 4.08. The van der Waals surface area contributed by atoms with Gasteiger partial charge in [0, 0.05) is 24.8 Å². The second-order valence-electron chi connectivity index (χ2n) is 6.04. The van der Waals surface area contributed by atoms with Crippen LogP contribution in [0, 0.1) is 5.92 Å². The Kier molecular flexibility index (Phi) is 4.57. The molecule has 1 aromatic heterocycles. The van der Waals surface area contributed by atoms with Crippen molar-refractivity contribution in [1.82, 2.24) is 5.32 Å². The molecule has 3 rings (SSSR count). The first-order chi connectivity index (χ1) is 9.42. The number of ether oxygens (including phenoxy) is 1. The molecule has 0 aromatic carbocycles. The van der Waals surface area contributed by atoms with Crippen molar-refractivity contribution in [3.8, 4) is 0 Å². The van der Waals surface area contributed by atoms with Gasteiger partial charge in [-0.05, 0) is 37.7 Å². The van der Waals surface area contributed by atoms with Crippen LogP contribution in [0.3, 0.4) is 0 Å². The van der Waals surface area contributed by atoms with Gasteiger partial charge in [-0.2, -0.15) is 0 Å². The van der Waals surface area contributed by atoms with Gasteiger partial charge in [-0.1, -0.05) is 19.3 Å². The summed E-state index contributed by atoms with van der Waals surface area (Å²) in [6, 6.07) is 2.81. The van der Waals surface area contributed by atoms with E-state index in [1.54, 1.807) is 6.26 Å². The van der Waals surface area contributed by atoms with Gasteiger partial charge in [0.15, 0.2) is 0 Å². The van der Waals surface area contributed by atoms with Crippen molar-refractivity contribution < 1.29 is 9.15 Å². The normalized spacial score (nSPS) is 20.8. The fourth-order valence-corrected chi connectivity index (χ4v) is 2.86. The van der Waals surface area contributed by atoms with Crippen LogP contribution in [0.1, 0.15) is 56.3 Å². The van der Waals surface area contributed by atoms with Crippen LogP contribution in [0.15, 0.2) is 16.7 Å². The zero-order valence-electron chi connectivity index (χ0n) is 11.7. The van der Waals surface area contributed by atoms with Gasteiger partial charge < -0.3 is 14.5 Å². The highest BCUT2D eigenvalue weighted by Crippen LogP contribution is 2.24. The summed E-state index contributed by atoms with van der Waals surface area (Å²) >= 11 is 0.